The van der Waals surface area contributed by atoms with Crippen molar-refractivity contribution in [1.29, 1.82) is 0 Å². The first kappa shape index (κ1) is 15.5. The molecule has 1 fully saturated rings. The summed E-state index contributed by atoms with van der Waals surface area (Å²) < 4.78 is 5.53. The van der Waals surface area contributed by atoms with Crippen molar-refractivity contribution in [1.82, 2.24) is 9.97 Å². The molecule has 0 spiro atoms. The van der Waals surface area contributed by atoms with Crippen LogP contribution < -0.4 is 9.64 Å². The van der Waals surface area contributed by atoms with Crippen LogP contribution in [0.5, 0.6) is 5.88 Å². The van der Waals surface area contributed by atoms with Crippen molar-refractivity contribution in [3.8, 4) is 5.88 Å². The molecule has 1 aliphatic heterocycles. The second kappa shape index (κ2) is 7.81. The Morgan fingerprint density at radius 2 is 2.33 bits per heavy atom. The van der Waals surface area contributed by atoms with E-state index in [2.05, 4.69) is 14.9 Å². The monoisotopic (exact) mass is 293 g/mol. The average molecular weight is 293 g/mol. The maximum Gasteiger partial charge on any atom is 0.303 e. The third-order valence-corrected chi connectivity index (χ3v) is 3.67. The van der Waals surface area contributed by atoms with E-state index < -0.39 is 5.97 Å². The number of nitrogens with zero attached hydrogens (tertiary/aromatic N) is 3. The molecule has 6 heteroatoms. The van der Waals surface area contributed by atoms with Crippen LogP contribution in [-0.2, 0) is 4.79 Å². The summed E-state index contributed by atoms with van der Waals surface area (Å²) in [5.74, 6) is 0.585. The predicted octanol–water partition coefficient (Wildman–Crippen LogP) is 2.49. The van der Waals surface area contributed by atoms with Gasteiger partial charge in [0, 0.05) is 19.0 Å². The van der Waals surface area contributed by atoms with Crippen LogP contribution in [0.25, 0.3) is 0 Å². The minimum absolute atomic E-state index is 0.195. The van der Waals surface area contributed by atoms with Gasteiger partial charge in [-0.15, -0.1) is 0 Å². The normalized spacial score (nSPS) is 18.5. The Kier molecular flexibility index (Phi) is 5.78. The Balaban J connectivity index is 2.07. The third-order valence-electron chi connectivity index (χ3n) is 3.67. The molecule has 6 nitrogen and oxygen atoms in total. The fourth-order valence-electron chi connectivity index (χ4n) is 2.65. The van der Waals surface area contributed by atoms with Crippen LogP contribution in [0.15, 0.2) is 12.4 Å². The molecule has 1 atom stereocenters. The molecule has 1 aromatic heterocycles. The van der Waals surface area contributed by atoms with E-state index in [-0.39, 0.29) is 12.5 Å². The Hall–Kier alpha value is -1.85. The topological polar surface area (TPSA) is 75.5 Å². The summed E-state index contributed by atoms with van der Waals surface area (Å²) in [4.78, 5) is 21.7. The van der Waals surface area contributed by atoms with E-state index in [9.17, 15) is 4.79 Å². The lowest BCUT2D eigenvalue weighted by Crippen LogP contribution is -2.40. The average Bonchev–Trinajstić information content (AvgIpc) is 2.51. The van der Waals surface area contributed by atoms with Gasteiger partial charge in [-0.1, -0.05) is 6.92 Å². The minimum atomic E-state index is -0.744. The van der Waals surface area contributed by atoms with Crippen molar-refractivity contribution in [3.63, 3.8) is 0 Å². The minimum Gasteiger partial charge on any atom is -0.481 e. The summed E-state index contributed by atoms with van der Waals surface area (Å²) in [5, 5.41) is 8.88. The number of piperidine rings is 1. The van der Waals surface area contributed by atoms with E-state index in [0.717, 1.165) is 38.0 Å². The second-order valence-corrected chi connectivity index (χ2v) is 5.34. The molecule has 116 valence electrons. The summed E-state index contributed by atoms with van der Waals surface area (Å²) >= 11 is 0. The van der Waals surface area contributed by atoms with Gasteiger partial charge >= 0.3 is 5.97 Å². The molecule has 1 aliphatic rings. The van der Waals surface area contributed by atoms with E-state index in [4.69, 9.17) is 9.84 Å². The van der Waals surface area contributed by atoms with Crippen molar-refractivity contribution in [2.45, 2.75) is 51.5 Å². The molecule has 2 heterocycles. The zero-order chi connectivity index (χ0) is 15.1. The van der Waals surface area contributed by atoms with Crippen LogP contribution in [0.2, 0.25) is 0 Å². The molecule has 2 rings (SSSR count). The van der Waals surface area contributed by atoms with Gasteiger partial charge < -0.3 is 14.7 Å². The maximum atomic E-state index is 10.8. The van der Waals surface area contributed by atoms with Crippen molar-refractivity contribution in [2.75, 3.05) is 18.1 Å². The van der Waals surface area contributed by atoms with Crippen molar-refractivity contribution < 1.29 is 14.6 Å². The maximum absolute atomic E-state index is 10.8. The number of anilines is 1. The van der Waals surface area contributed by atoms with E-state index in [1.54, 1.807) is 12.4 Å². The molecule has 21 heavy (non-hydrogen) atoms. The zero-order valence-electron chi connectivity index (χ0n) is 12.5. The first-order valence-electron chi connectivity index (χ1n) is 7.64. The van der Waals surface area contributed by atoms with E-state index in [0.29, 0.717) is 18.9 Å². The number of carboxylic acids is 1. The molecule has 0 bridgehead atoms. The Morgan fingerprint density at radius 3 is 3.10 bits per heavy atom. The summed E-state index contributed by atoms with van der Waals surface area (Å²) in [7, 11) is 0. The number of ether oxygens (including phenoxy) is 1. The Bertz CT molecular complexity index is 467. The molecule has 1 unspecified atom stereocenters. The third kappa shape index (κ3) is 4.58. The predicted molar refractivity (Wildman–Crippen MR) is 79.7 cm³/mol. The van der Waals surface area contributed by atoms with Gasteiger partial charge in [-0.3, -0.25) is 9.78 Å². The van der Waals surface area contributed by atoms with Gasteiger partial charge in [-0.05, 0) is 32.1 Å². The van der Waals surface area contributed by atoms with Crippen molar-refractivity contribution in [3.05, 3.63) is 12.4 Å². The highest BCUT2D eigenvalue weighted by Gasteiger charge is 2.24. The van der Waals surface area contributed by atoms with E-state index in [1.807, 2.05) is 6.92 Å². The number of rotatable bonds is 7. The number of hydrogen-bond donors (Lipinski definition) is 1. The number of carbonyl (C=O) groups is 1. The molecule has 0 aliphatic carbocycles. The highest BCUT2D eigenvalue weighted by atomic mass is 16.5. The van der Waals surface area contributed by atoms with Crippen LogP contribution in [0.1, 0.15) is 45.4 Å². The Morgan fingerprint density at radius 1 is 1.48 bits per heavy atom. The van der Waals surface area contributed by atoms with Gasteiger partial charge in [0.15, 0.2) is 5.82 Å². The summed E-state index contributed by atoms with van der Waals surface area (Å²) in [6.07, 6.45) is 8.38. The highest BCUT2D eigenvalue weighted by molar-refractivity contribution is 5.66. The molecule has 0 saturated carbocycles. The van der Waals surface area contributed by atoms with Crippen LogP contribution in [0, 0.1) is 0 Å². The molecule has 1 saturated heterocycles. The SMILES string of the molecule is CCCOc1cncc(N2CCCCC2CCC(=O)O)n1. The molecule has 1 N–H and O–H groups in total. The van der Waals surface area contributed by atoms with Crippen LogP contribution in [-0.4, -0.2) is 40.2 Å². The summed E-state index contributed by atoms with van der Waals surface area (Å²) in [6, 6.07) is 0.227. The fraction of sp³-hybridized carbons (Fsp3) is 0.667. The molecule has 0 radical (unpaired) electrons. The van der Waals surface area contributed by atoms with Gasteiger partial charge in [0.2, 0.25) is 5.88 Å². The van der Waals surface area contributed by atoms with Crippen molar-refractivity contribution >= 4 is 11.8 Å². The van der Waals surface area contributed by atoms with Gasteiger partial charge in [0.25, 0.3) is 0 Å². The first-order valence-corrected chi connectivity index (χ1v) is 7.64. The Labute approximate surface area is 125 Å². The number of hydrogen-bond acceptors (Lipinski definition) is 5. The summed E-state index contributed by atoms with van der Waals surface area (Å²) in [6.45, 7) is 3.57. The van der Waals surface area contributed by atoms with Crippen LogP contribution in [0.4, 0.5) is 5.82 Å². The lowest BCUT2D eigenvalue weighted by atomic mass is 9.98. The standard InChI is InChI=1S/C15H23N3O3/c1-2-9-21-14-11-16-10-13(17-14)18-8-4-3-5-12(18)6-7-15(19)20/h10-12H,2-9H2,1H3,(H,19,20). The molecule has 0 amide bonds. The van der Waals surface area contributed by atoms with Crippen molar-refractivity contribution in [2.24, 2.45) is 0 Å². The number of aromatic nitrogens is 2. The number of carboxylic acid groups (broad SMARTS) is 1. The molecule has 0 aromatic carbocycles. The van der Waals surface area contributed by atoms with Gasteiger partial charge in [0.1, 0.15) is 0 Å². The zero-order valence-corrected chi connectivity index (χ0v) is 12.5. The highest BCUT2D eigenvalue weighted by Crippen LogP contribution is 2.26. The molecular formula is C15H23N3O3. The fourth-order valence-corrected chi connectivity index (χ4v) is 2.65. The molecular weight excluding hydrogens is 270 g/mol. The first-order chi connectivity index (χ1) is 10.2. The lowest BCUT2D eigenvalue weighted by Gasteiger charge is -2.36. The quantitative estimate of drug-likeness (QED) is 0.832. The molecule has 1 aromatic rings. The van der Waals surface area contributed by atoms with Gasteiger partial charge in [-0.25, -0.2) is 0 Å². The van der Waals surface area contributed by atoms with Crippen LogP contribution in [0.3, 0.4) is 0 Å². The van der Waals surface area contributed by atoms with Crippen LogP contribution >= 0.6 is 0 Å². The largest absolute Gasteiger partial charge is 0.481 e. The second-order valence-electron chi connectivity index (χ2n) is 5.34. The van der Waals surface area contributed by atoms with E-state index in [1.165, 1.54) is 0 Å². The number of aliphatic carboxylic acids is 1. The van der Waals surface area contributed by atoms with E-state index >= 15 is 0 Å². The lowest BCUT2D eigenvalue weighted by molar-refractivity contribution is -0.137. The van der Waals surface area contributed by atoms with Gasteiger partial charge in [0.05, 0.1) is 19.0 Å². The summed E-state index contributed by atoms with van der Waals surface area (Å²) in [5.41, 5.74) is 0. The van der Waals surface area contributed by atoms with Gasteiger partial charge in [-0.2, -0.15) is 4.98 Å². The smallest absolute Gasteiger partial charge is 0.303 e.